The Bertz CT molecular complexity index is 1450. The van der Waals surface area contributed by atoms with Crippen LogP contribution in [0.3, 0.4) is 0 Å². The molecule has 1 heterocycles. The van der Waals surface area contributed by atoms with Crippen LogP contribution in [0.2, 0.25) is 15.1 Å². The van der Waals surface area contributed by atoms with E-state index in [1.54, 1.807) is 24.3 Å². The van der Waals surface area contributed by atoms with Crippen molar-refractivity contribution in [1.82, 2.24) is 9.78 Å². The molecule has 194 valence electrons. The van der Waals surface area contributed by atoms with E-state index < -0.39 is 28.6 Å². The van der Waals surface area contributed by atoms with E-state index in [0.29, 0.717) is 10.6 Å². The van der Waals surface area contributed by atoms with E-state index in [-0.39, 0.29) is 39.8 Å². The summed E-state index contributed by atoms with van der Waals surface area (Å²) in [6.45, 7) is 0.0174. The summed E-state index contributed by atoms with van der Waals surface area (Å²) in [6.07, 6.45) is -9.46. The molecule has 4 rings (SSSR count). The molecule has 0 aliphatic heterocycles. The van der Waals surface area contributed by atoms with Crippen LogP contribution in [-0.4, -0.2) is 9.78 Å². The number of aromatic nitrogens is 2. The SMILES string of the molecule is Cn1nc(C(F)(F)F)cc1-c1ccc(OCc2ccc(Cl)cc2)c(-c2ccc(Cl)c(C(F)(F)F)c2)c1Cl. The first kappa shape index (κ1) is 27.2. The van der Waals surface area contributed by atoms with Gasteiger partial charge in [0.1, 0.15) is 12.4 Å². The molecule has 3 aromatic carbocycles. The van der Waals surface area contributed by atoms with Crippen molar-refractivity contribution in [3.63, 3.8) is 0 Å². The highest BCUT2D eigenvalue weighted by Gasteiger charge is 2.36. The van der Waals surface area contributed by atoms with Gasteiger partial charge in [-0.15, -0.1) is 0 Å². The van der Waals surface area contributed by atoms with Gasteiger partial charge >= 0.3 is 12.4 Å². The summed E-state index contributed by atoms with van der Waals surface area (Å²) >= 11 is 18.3. The van der Waals surface area contributed by atoms with Crippen LogP contribution in [0.25, 0.3) is 22.4 Å². The zero-order valence-corrected chi connectivity index (χ0v) is 21.0. The Morgan fingerprint density at radius 1 is 0.838 bits per heavy atom. The number of nitrogens with zero attached hydrogens (tertiary/aromatic N) is 2. The average Bonchev–Trinajstić information content (AvgIpc) is 3.20. The quantitative estimate of drug-likeness (QED) is 0.220. The smallest absolute Gasteiger partial charge is 0.435 e. The third kappa shape index (κ3) is 5.84. The van der Waals surface area contributed by atoms with Crippen molar-refractivity contribution in [2.75, 3.05) is 0 Å². The minimum atomic E-state index is -4.76. The van der Waals surface area contributed by atoms with E-state index in [0.717, 1.165) is 22.9 Å². The average molecular weight is 580 g/mol. The fourth-order valence-electron chi connectivity index (χ4n) is 3.64. The first-order chi connectivity index (χ1) is 17.3. The summed E-state index contributed by atoms with van der Waals surface area (Å²) < 4.78 is 87.3. The molecule has 0 fully saturated rings. The molecule has 0 amide bonds. The molecule has 0 spiro atoms. The molecule has 0 radical (unpaired) electrons. The van der Waals surface area contributed by atoms with Gasteiger partial charge < -0.3 is 4.74 Å². The number of aryl methyl sites for hydroxylation is 1. The number of benzene rings is 3. The predicted octanol–water partition coefficient (Wildman–Crippen LogP) is 9.33. The third-order valence-electron chi connectivity index (χ3n) is 5.42. The van der Waals surface area contributed by atoms with Gasteiger partial charge in [0.05, 0.1) is 21.3 Å². The van der Waals surface area contributed by atoms with Gasteiger partial charge in [0, 0.05) is 23.2 Å². The van der Waals surface area contributed by atoms with Crippen LogP contribution in [0, 0.1) is 0 Å². The molecular weight excluding hydrogens is 565 g/mol. The Hall–Kier alpha value is -2.88. The summed E-state index contributed by atoms with van der Waals surface area (Å²) in [5, 5.41) is 3.35. The fraction of sp³-hybridized carbons (Fsp3) is 0.160. The minimum Gasteiger partial charge on any atom is -0.488 e. The summed E-state index contributed by atoms with van der Waals surface area (Å²) in [5.74, 6) is 0.109. The molecule has 0 saturated carbocycles. The fourth-order valence-corrected chi connectivity index (χ4v) is 4.36. The molecule has 12 heteroatoms. The Morgan fingerprint density at radius 3 is 2.11 bits per heavy atom. The lowest BCUT2D eigenvalue weighted by atomic mass is 9.98. The summed E-state index contributed by atoms with van der Waals surface area (Å²) in [5.41, 5.74) is -1.35. The van der Waals surface area contributed by atoms with E-state index in [1.165, 1.54) is 25.2 Å². The summed E-state index contributed by atoms with van der Waals surface area (Å²) in [6, 6.07) is 13.6. The molecule has 0 atom stereocenters. The zero-order valence-electron chi connectivity index (χ0n) is 18.7. The van der Waals surface area contributed by atoms with E-state index in [9.17, 15) is 26.3 Å². The van der Waals surface area contributed by atoms with Crippen molar-refractivity contribution in [3.05, 3.63) is 92.6 Å². The number of alkyl halides is 6. The first-order valence-electron chi connectivity index (χ1n) is 10.4. The van der Waals surface area contributed by atoms with Gasteiger partial charge in [-0.2, -0.15) is 31.4 Å². The molecule has 3 nitrogen and oxygen atoms in total. The molecule has 0 N–H and O–H groups in total. The Kier molecular flexibility index (Phi) is 7.43. The summed E-state index contributed by atoms with van der Waals surface area (Å²) in [7, 11) is 1.30. The van der Waals surface area contributed by atoms with Crippen molar-refractivity contribution in [1.29, 1.82) is 0 Å². The molecule has 4 aromatic rings. The molecule has 0 aliphatic carbocycles. The predicted molar refractivity (Wildman–Crippen MR) is 130 cm³/mol. The summed E-state index contributed by atoms with van der Waals surface area (Å²) in [4.78, 5) is 0. The first-order valence-corrected chi connectivity index (χ1v) is 11.6. The van der Waals surface area contributed by atoms with Gasteiger partial charge in [-0.1, -0.05) is 53.0 Å². The topological polar surface area (TPSA) is 27.1 Å². The van der Waals surface area contributed by atoms with Gasteiger partial charge in [0.15, 0.2) is 5.69 Å². The molecule has 0 saturated heterocycles. The number of hydrogen-bond donors (Lipinski definition) is 0. The maximum absolute atomic E-state index is 13.6. The molecular formula is C25H15Cl3F6N2O. The second kappa shape index (κ2) is 10.1. The van der Waals surface area contributed by atoms with E-state index >= 15 is 0 Å². The van der Waals surface area contributed by atoms with Crippen LogP contribution < -0.4 is 4.74 Å². The van der Waals surface area contributed by atoms with Crippen molar-refractivity contribution in [2.24, 2.45) is 7.05 Å². The number of rotatable bonds is 5. The second-order valence-electron chi connectivity index (χ2n) is 7.94. The van der Waals surface area contributed by atoms with Gasteiger partial charge in [-0.05, 0) is 53.6 Å². The Labute approximate surface area is 222 Å². The number of halogens is 9. The second-order valence-corrected chi connectivity index (χ2v) is 9.17. The standard InChI is InChI=1S/C25H15Cl3F6N2O/c1-36-19(11-21(35-36)25(32,33)34)16-7-9-20(37-12-13-2-5-15(26)6-3-13)22(23(16)28)14-4-8-18(27)17(10-14)24(29,30)31/h2-11H,12H2,1H3. The van der Waals surface area contributed by atoms with Gasteiger partial charge in [0.2, 0.25) is 0 Å². The maximum atomic E-state index is 13.6. The largest absolute Gasteiger partial charge is 0.488 e. The zero-order chi connectivity index (χ0) is 27.1. The molecule has 1 aromatic heterocycles. The van der Waals surface area contributed by atoms with Crippen LogP contribution in [0.5, 0.6) is 5.75 Å². The van der Waals surface area contributed by atoms with Crippen LogP contribution >= 0.6 is 34.8 Å². The van der Waals surface area contributed by atoms with Crippen molar-refractivity contribution < 1.29 is 31.1 Å². The molecule has 37 heavy (non-hydrogen) atoms. The highest BCUT2D eigenvalue weighted by Crippen LogP contribution is 2.46. The third-order valence-corrected chi connectivity index (χ3v) is 6.39. The molecule has 0 bridgehead atoms. The number of ether oxygens (including phenoxy) is 1. The van der Waals surface area contributed by atoms with Crippen molar-refractivity contribution in [3.8, 4) is 28.1 Å². The molecule has 0 aliphatic rings. The van der Waals surface area contributed by atoms with Crippen LogP contribution in [0.4, 0.5) is 26.3 Å². The molecule has 0 unspecified atom stereocenters. The highest BCUT2D eigenvalue weighted by molar-refractivity contribution is 6.36. The van der Waals surface area contributed by atoms with Gasteiger partial charge in [-0.25, -0.2) is 0 Å². The number of hydrogen-bond acceptors (Lipinski definition) is 2. The lowest BCUT2D eigenvalue weighted by Gasteiger charge is -2.18. The van der Waals surface area contributed by atoms with E-state index in [1.807, 2.05) is 0 Å². The van der Waals surface area contributed by atoms with Crippen LogP contribution in [0.15, 0.2) is 60.7 Å². The van der Waals surface area contributed by atoms with Crippen molar-refractivity contribution >= 4 is 34.8 Å². The Morgan fingerprint density at radius 2 is 1.51 bits per heavy atom. The van der Waals surface area contributed by atoms with Gasteiger partial charge in [0.25, 0.3) is 0 Å². The highest BCUT2D eigenvalue weighted by atomic mass is 35.5. The van der Waals surface area contributed by atoms with E-state index in [4.69, 9.17) is 39.5 Å². The minimum absolute atomic E-state index is 0.00725. The monoisotopic (exact) mass is 578 g/mol. The van der Waals surface area contributed by atoms with Crippen LogP contribution in [-0.2, 0) is 26.0 Å². The van der Waals surface area contributed by atoms with Gasteiger partial charge in [-0.3, -0.25) is 4.68 Å². The van der Waals surface area contributed by atoms with Crippen molar-refractivity contribution in [2.45, 2.75) is 19.0 Å². The lowest BCUT2D eigenvalue weighted by molar-refractivity contribution is -0.141. The Balaban J connectivity index is 1.87. The van der Waals surface area contributed by atoms with E-state index in [2.05, 4.69) is 5.10 Å². The lowest BCUT2D eigenvalue weighted by Crippen LogP contribution is -2.06. The normalized spacial score (nSPS) is 12.2. The maximum Gasteiger partial charge on any atom is 0.435 e. The van der Waals surface area contributed by atoms with Crippen LogP contribution in [0.1, 0.15) is 16.8 Å².